The minimum atomic E-state index is -1.38. The predicted molar refractivity (Wildman–Crippen MR) is 129 cm³/mol. The van der Waals surface area contributed by atoms with Crippen LogP contribution >= 0.6 is 11.6 Å². The van der Waals surface area contributed by atoms with E-state index in [9.17, 15) is 10.2 Å². The summed E-state index contributed by atoms with van der Waals surface area (Å²) in [7, 11) is 1.62. The van der Waals surface area contributed by atoms with Gasteiger partial charge in [-0.25, -0.2) is 4.98 Å². The van der Waals surface area contributed by atoms with Gasteiger partial charge in [0.05, 0.1) is 26.1 Å². The van der Waals surface area contributed by atoms with Crippen LogP contribution in [-0.2, 0) is 13.1 Å². The second kappa shape index (κ2) is 11.1. The largest absolute Gasteiger partial charge is 0.493 e. The molecule has 9 heteroatoms. The molecule has 1 aliphatic heterocycles. The van der Waals surface area contributed by atoms with Gasteiger partial charge >= 0.3 is 0 Å². The molecular weight excluding hydrogens is 458 g/mol. The van der Waals surface area contributed by atoms with Crippen molar-refractivity contribution in [2.75, 3.05) is 33.4 Å². The molecule has 34 heavy (non-hydrogen) atoms. The molecule has 2 aromatic carbocycles. The number of β-amino-alcohol motifs (C(OH)–C–C–N with tert-alkyl or cyclic N) is 1. The molecule has 1 fully saturated rings. The van der Waals surface area contributed by atoms with Gasteiger partial charge in [-0.3, -0.25) is 4.90 Å². The molecule has 3 aromatic rings. The molecule has 1 aromatic heterocycles. The number of ether oxygens (including phenoxy) is 3. The average molecular weight is 488 g/mol. The Morgan fingerprint density at radius 2 is 1.97 bits per heavy atom. The SMILES string of the molecule is COc1cc(CN2CC[C@H](O)[C@@](O)(COc3ccc(Cl)cc3)C2)ccc1OCCn1ccnc1. The summed E-state index contributed by atoms with van der Waals surface area (Å²) in [6.07, 6.45) is 4.96. The van der Waals surface area contributed by atoms with Crippen LogP contribution in [0.4, 0.5) is 0 Å². The molecule has 0 aliphatic carbocycles. The summed E-state index contributed by atoms with van der Waals surface area (Å²) in [5, 5.41) is 22.2. The van der Waals surface area contributed by atoms with Gasteiger partial charge in [0.2, 0.25) is 0 Å². The van der Waals surface area contributed by atoms with Crippen LogP contribution in [0.25, 0.3) is 0 Å². The number of piperidine rings is 1. The number of benzene rings is 2. The van der Waals surface area contributed by atoms with E-state index < -0.39 is 11.7 Å². The zero-order valence-electron chi connectivity index (χ0n) is 19.1. The monoisotopic (exact) mass is 487 g/mol. The highest BCUT2D eigenvalue weighted by atomic mass is 35.5. The van der Waals surface area contributed by atoms with Crippen molar-refractivity contribution in [1.29, 1.82) is 0 Å². The first-order chi connectivity index (χ1) is 16.4. The highest BCUT2D eigenvalue weighted by Gasteiger charge is 2.42. The summed E-state index contributed by atoms with van der Waals surface area (Å²) in [5.41, 5.74) is -0.352. The van der Waals surface area contributed by atoms with Crippen LogP contribution in [0, 0.1) is 0 Å². The van der Waals surface area contributed by atoms with Gasteiger partial charge in [0.1, 0.15) is 24.6 Å². The standard InChI is InChI=1S/C25H30ClN3O5/c1-32-23-14-19(2-7-22(23)33-13-12-28-11-9-27-18-28)15-29-10-8-24(30)25(31,16-29)17-34-21-5-3-20(26)4-6-21/h2-7,9,11,14,18,24,30-31H,8,10,12-13,15-17H2,1H3/t24-,25-/m0/s1. The van der Waals surface area contributed by atoms with E-state index in [1.165, 1.54) is 0 Å². The number of imidazole rings is 1. The minimum Gasteiger partial charge on any atom is -0.493 e. The van der Waals surface area contributed by atoms with Crippen molar-refractivity contribution < 1.29 is 24.4 Å². The Labute approximate surface area is 204 Å². The van der Waals surface area contributed by atoms with Crippen molar-refractivity contribution in [3.8, 4) is 17.2 Å². The predicted octanol–water partition coefficient (Wildman–Crippen LogP) is 3.00. The lowest BCUT2D eigenvalue weighted by Crippen LogP contribution is -2.59. The molecule has 0 saturated carbocycles. The summed E-state index contributed by atoms with van der Waals surface area (Å²) in [6, 6.07) is 12.8. The van der Waals surface area contributed by atoms with Crippen LogP contribution in [0.2, 0.25) is 5.02 Å². The number of methoxy groups -OCH3 is 1. The van der Waals surface area contributed by atoms with E-state index in [1.807, 2.05) is 29.0 Å². The number of aliphatic hydroxyl groups excluding tert-OH is 1. The van der Waals surface area contributed by atoms with E-state index >= 15 is 0 Å². The lowest BCUT2D eigenvalue weighted by atomic mass is 9.90. The maximum absolute atomic E-state index is 11.1. The fourth-order valence-corrected chi connectivity index (χ4v) is 4.15. The van der Waals surface area contributed by atoms with Gasteiger partial charge in [-0.1, -0.05) is 17.7 Å². The summed E-state index contributed by atoms with van der Waals surface area (Å²) < 4.78 is 19.1. The lowest BCUT2D eigenvalue weighted by Gasteiger charge is -2.42. The molecular formula is C25H30ClN3O5. The zero-order valence-corrected chi connectivity index (χ0v) is 19.9. The third kappa shape index (κ3) is 6.21. The average Bonchev–Trinajstić information content (AvgIpc) is 3.35. The summed E-state index contributed by atoms with van der Waals surface area (Å²) in [6.45, 7) is 2.72. The second-order valence-electron chi connectivity index (χ2n) is 8.50. The smallest absolute Gasteiger partial charge is 0.161 e. The van der Waals surface area contributed by atoms with Crippen molar-refractivity contribution >= 4 is 11.6 Å². The van der Waals surface area contributed by atoms with E-state index in [0.29, 0.717) is 54.9 Å². The molecule has 0 amide bonds. The lowest BCUT2D eigenvalue weighted by molar-refractivity contribution is -0.140. The van der Waals surface area contributed by atoms with Crippen molar-refractivity contribution in [2.45, 2.75) is 31.2 Å². The number of hydrogen-bond acceptors (Lipinski definition) is 7. The van der Waals surface area contributed by atoms with Crippen LogP contribution in [-0.4, -0.2) is 69.8 Å². The molecule has 182 valence electrons. The van der Waals surface area contributed by atoms with Gasteiger partial charge in [-0.05, 0) is 48.4 Å². The zero-order chi connectivity index (χ0) is 24.0. The van der Waals surface area contributed by atoms with Gasteiger partial charge in [0, 0.05) is 37.1 Å². The van der Waals surface area contributed by atoms with Crippen LogP contribution in [0.1, 0.15) is 12.0 Å². The Kier molecular flexibility index (Phi) is 7.95. The quantitative estimate of drug-likeness (QED) is 0.454. The van der Waals surface area contributed by atoms with Gasteiger partial charge in [-0.2, -0.15) is 0 Å². The molecule has 1 saturated heterocycles. The minimum absolute atomic E-state index is 0.0146. The van der Waals surface area contributed by atoms with Crippen LogP contribution in [0.15, 0.2) is 61.2 Å². The Bertz CT molecular complexity index is 1050. The Morgan fingerprint density at radius 1 is 1.15 bits per heavy atom. The second-order valence-corrected chi connectivity index (χ2v) is 8.93. The Morgan fingerprint density at radius 3 is 2.71 bits per heavy atom. The van der Waals surface area contributed by atoms with Crippen molar-refractivity contribution in [2.24, 2.45) is 0 Å². The molecule has 1 aliphatic rings. The maximum Gasteiger partial charge on any atom is 0.161 e. The third-order valence-electron chi connectivity index (χ3n) is 5.94. The van der Waals surface area contributed by atoms with E-state index in [2.05, 4.69) is 9.88 Å². The van der Waals surface area contributed by atoms with Crippen molar-refractivity contribution in [1.82, 2.24) is 14.5 Å². The molecule has 2 atom stereocenters. The maximum atomic E-state index is 11.1. The molecule has 0 unspecified atom stereocenters. The first kappa shape index (κ1) is 24.3. The molecule has 0 bridgehead atoms. The van der Waals surface area contributed by atoms with E-state index in [0.717, 1.165) is 5.56 Å². The molecule has 4 rings (SSSR count). The molecule has 8 nitrogen and oxygen atoms in total. The third-order valence-corrected chi connectivity index (χ3v) is 6.19. The Balaban J connectivity index is 1.34. The van der Waals surface area contributed by atoms with E-state index in [-0.39, 0.29) is 13.2 Å². The molecule has 0 radical (unpaired) electrons. The molecule has 0 spiro atoms. The van der Waals surface area contributed by atoms with Crippen molar-refractivity contribution in [3.05, 3.63) is 71.8 Å². The van der Waals surface area contributed by atoms with Gasteiger partial charge < -0.3 is 29.0 Å². The number of aromatic nitrogens is 2. The van der Waals surface area contributed by atoms with E-state index in [4.69, 9.17) is 25.8 Å². The van der Waals surface area contributed by atoms with Gasteiger partial charge in [0.25, 0.3) is 0 Å². The number of nitrogens with zero attached hydrogens (tertiary/aromatic N) is 3. The first-order valence-corrected chi connectivity index (χ1v) is 11.6. The topological polar surface area (TPSA) is 89.2 Å². The highest BCUT2D eigenvalue weighted by molar-refractivity contribution is 6.30. The normalized spacial score (nSPS) is 20.8. The van der Waals surface area contributed by atoms with Crippen LogP contribution < -0.4 is 14.2 Å². The van der Waals surface area contributed by atoms with Gasteiger partial charge in [0.15, 0.2) is 11.5 Å². The summed E-state index contributed by atoms with van der Waals surface area (Å²) >= 11 is 5.91. The first-order valence-electron chi connectivity index (χ1n) is 11.2. The van der Waals surface area contributed by atoms with Crippen molar-refractivity contribution in [3.63, 3.8) is 0 Å². The summed E-state index contributed by atoms with van der Waals surface area (Å²) in [4.78, 5) is 6.13. The molecule has 2 heterocycles. The van der Waals surface area contributed by atoms with Crippen LogP contribution in [0.5, 0.6) is 17.2 Å². The Hall–Kier alpha value is -2.78. The number of hydrogen-bond donors (Lipinski definition) is 2. The van der Waals surface area contributed by atoms with Crippen LogP contribution in [0.3, 0.4) is 0 Å². The highest BCUT2D eigenvalue weighted by Crippen LogP contribution is 2.30. The summed E-state index contributed by atoms with van der Waals surface area (Å²) in [5.74, 6) is 1.92. The fourth-order valence-electron chi connectivity index (χ4n) is 4.03. The molecule has 2 N–H and O–H groups in total. The fraction of sp³-hybridized carbons (Fsp3) is 0.400. The van der Waals surface area contributed by atoms with Gasteiger partial charge in [-0.15, -0.1) is 0 Å². The van der Waals surface area contributed by atoms with E-state index in [1.54, 1.807) is 43.9 Å². The number of aliphatic hydroxyl groups is 2. The number of halogens is 1. The number of likely N-dealkylation sites (tertiary alicyclic amines) is 1. The number of rotatable bonds is 10.